The van der Waals surface area contributed by atoms with Gasteiger partial charge in [-0.25, -0.2) is 0 Å². The van der Waals surface area contributed by atoms with Gasteiger partial charge in [-0.05, 0) is 270 Å². The largest absolute Gasteiger partial charge is 0.0713 e. The molecule has 0 spiro atoms. The van der Waals surface area contributed by atoms with Crippen LogP contribution in [0.3, 0.4) is 0 Å². The van der Waals surface area contributed by atoms with Crippen molar-refractivity contribution < 1.29 is 0 Å². The molecule has 0 nitrogen and oxygen atoms in total. The quantitative estimate of drug-likeness (QED) is 0.142. The SMILES string of the molecule is Cc1cc(-c2ccc3ccccc3c2)cc(-c2cccc3ccccc23)c1.Cc1cc(-c2ccccc2)cc(-c2ccc3ccccc3c2)c1.Cc1cc(-c2ccccc2)cc(-c2cccc3ccccc23)c1.Cc1ccc2c(c1)C(C)(C)c1ccccc1-2.Cc1ccc2c(c1)C(c1ccccc1)(c1ccccc1)c1ccccc1-2.Cc1cccc2ccccc12. The number of hydrogen-bond donors (Lipinski definition) is 0. The first-order valence-corrected chi connectivity index (χ1v) is 44.1. The second-order valence-electron chi connectivity index (χ2n) is 34.3. The maximum absolute atomic E-state index is 2.37. The molecule has 21 aromatic carbocycles. The van der Waals surface area contributed by atoms with Gasteiger partial charge in [0, 0.05) is 5.41 Å². The first-order chi connectivity index (χ1) is 61.7. The zero-order chi connectivity index (χ0) is 86.1. The lowest BCUT2D eigenvalue weighted by atomic mass is 9.67. The van der Waals surface area contributed by atoms with E-state index in [9.17, 15) is 0 Å². The smallest absolute Gasteiger partial charge is 0.0622 e. The van der Waals surface area contributed by atoms with E-state index in [4.69, 9.17) is 0 Å². The molecule has 126 heavy (non-hydrogen) atoms. The van der Waals surface area contributed by atoms with Crippen molar-refractivity contribution in [2.45, 2.75) is 66.2 Å². The summed E-state index contributed by atoms with van der Waals surface area (Å²) in [5.74, 6) is 0. The molecule has 0 saturated carbocycles. The molecule has 0 heteroatoms. The van der Waals surface area contributed by atoms with Crippen LogP contribution in [0.25, 0.3) is 143 Å². The van der Waals surface area contributed by atoms with Crippen molar-refractivity contribution >= 4 is 53.9 Å². The van der Waals surface area contributed by atoms with E-state index in [0.717, 1.165) is 0 Å². The van der Waals surface area contributed by atoms with E-state index < -0.39 is 0 Å². The zero-order valence-electron chi connectivity index (χ0n) is 73.0. The van der Waals surface area contributed by atoms with Gasteiger partial charge >= 0.3 is 0 Å². The Balaban J connectivity index is 0.000000104. The molecule has 0 fully saturated rings. The van der Waals surface area contributed by atoms with Crippen molar-refractivity contribution in [3.8, 4) is 89.0 Å². The number of hydrogen-bond acceptors (Lipinski definition) is 0. The van der Waals surface area contributed by atoms with E-state index in [1.807, 2.05) is 0 Å². The van der Waals surface area contributed by atoms with Crippen LogP contribution < -0.4 is 0 Å². The number of rotatable bonds is 8. The minimum Gasteiger partial charge on any atom is -0.0622 e. The molecule has 0 unspecified atom stereocenters. The van der Waals surface area contributed by atoms with Gasteiger partial charge in [0.25, 0.3) is 0 Å². The molecule has 23 rings (SSSR count). The predicted molar refractivity (Wildman–Crippen MR) is 542 cm³/mol. The lowest BCUT2D eigenvalue weighted by Crippen LogP contribution is -2.28. The highest BCUT2D eigenvalue weighted by molar-refractivity contribution is 6.00. The van der Waals surface area contributed by atoms with Crippen LogP contribution >= 0.6 is 0 Å². The summed E-state index contributed by atoms with van der Waals surface area (Å²) in [7, 11) is 0. The van der Waals surface area contributed by atoms with Gasteiger partial charge in [0.1, 0.15) is 0 Å². The molecule has 0 aliphatic heterocycles. The molecule has 2 aliphatic carbocycles. The summed E-state index contributed by atoms with van der Waals surface area (Å²) in [6, 6.07) is 170. The Hall–Kier alpha value is -15.1. The Morgan fingerprint density at radius 3 is 0.921 bits per heavy atom. The van der Waals surface area contributed by atoms with E-state index in [-0.39, 0.29) is 10.8 Å². The highest BCUT2D eigenvalue weighted by Gasteiger charge is 2.46. The van der Waals surface area contributed by atoms with Crippen LogP contribution in [-0.4, -0.2) is 0 Å². The zero-order valence-corrected chi connectivity index (χ0v) is 73.0. The lowest BCUT2D eigenvalue weighted by molar-refractivity contribution is 0.660. The molecular weight excluding hydrogens is 1510 g/mol. The average Bonchev–Trinajstić information content (AvgIpc) is 1.54. The molecule has 0 radical (unpaired) electrons. The predicted octanol–water partition coefficient (Wildman–Crippen LogP) is 34.4. The van der Waals surface area contributed by atoms with E-state index in [2.05, 4.69) is 529 Å². The topological polar surface area (TPSA) is 0 Å². The standard InChI is InChI=1S/C27H20.C26H20.2C23H18.C16H16.C11H10/c1-19-15-24(23-14-13-20-7-2-3-9-22(20)17-23)18-25(16-19)27-12-6-10-21-8-4-5-11-26(21)27;1-19-16-17-23-22-14-8-9-15-24(22)26(25(23)18-19,20-10-4-2-5-11-20)21-12-6-3-7-13-21;1-17-14-20(18-8-3-2-4-9-18)16-21(15-17)23-13-7-11-19-10-5-6-12-22(19)23;1-17-13-22(18-7-3-2-4-8-18)16-23(14-17)21-12-11-19-9-5-6-10-20(19)15-21;1-11-8-9-13-12-6-4-5-7-14(12)16(2,3)15(13)10-11;1-9-5-4-7-10-6-2-3-8-11(9)10/h2-18H,1H3;2-18H,1H3;2*2-16H,1H3;4-10H,1-3H3;2-8H,1H3. The van der Waals surface area contributed by atoms with Gasteiger partial charge in [0.15, 0.2) is 0 Å². The van der Waals surface area contributed by atoms with Crippen LogP contribution in [0.4, 0.5) is 0 Å². The van der Waals surface area contributed by atoms with Crippen LogP contribution in [0, 0.1) is 41.5 Å². The summed E-state index contributed by atoms with van der Waals surface area (Å²) >= 11 is 0. The third kappa shape index (κ3) is 17.2. The first kappa shape index (κ1) is 81.9. The second kappa shape index (κ2) is 36.5. The van der Waals surface area contributed by atoms with Crippen molar-refractivity contribution in [1.29, 1.82) is 0 Å². The van der Waals surface area contributed by atoms with Crippen molar-refractivity contribution in [1.82, 2.24) is 0 Å². The third-order valence-corrected chi connectivity index (χ3v) is 25.2. The monoisotopic (exact) mass is 1610 g/mol. The van der Waals surface area contributed by atoms with Gasteiger partial charge < -0.3 is 0 Å². The number of fused-ring (bicyclic) bond motifs is 11. The highest BCUT2D eigenvalue weighted by Crippen LogP contribution is 2.56. The molecule has 2 aliphatic rings. The summed E-state index contributed by atoms with van der Waals surface area (Å²) < 4.78 is 0. The molecule has 0 N–H and O–H groups in total. The molecule has 0 saturated heterocycles. The van der Waals surface area contributed by atoms with Crippen molar-refractivity contribution in [3.63, 3.8) is 0 Å². The normalized spacial score (nSPS) is 12.1. The Kier molecular flexibility index (Phi) is 23.7. The van der Waals surface area contributed by atoms with Crippen LogP contribution in [0.15, 0.2) is 473 Å². The van der Waals surface area contributed by atoms with E-state index >= 15 is 0 Å². The fourth-order valence-electron chi connectivity index (χ4n) is 19.0. The summed E-state index contributed by atoms with van der Waals surface area (Å²) in [5.41, 5.74) is 36.8. The maximum Gasteiger partial charge on any atom is 0.0713 e. The third-order valence-electron chi connectivity index (χ3n) is 25.2. The Morgan fingerprint density at radius 2 is 0.460 bits per heavy atom. The molecule has 0 amide bonds. The fraction of sp³-hybridized carbons (Fsp3) is 0.0794. The Morgan fingerprint density at radius 1 is 0.151 bits per heavy atom. The molecule has 0 bridgehead atoms. The van der Waals surface area contributed by atoms with Crippen molar-refractivity contribution in [3.05, 3.63) is 540 Å². The van der Waals surface area contributed by atoms with Crippen LogP contribution in [-0.2, 0) is 10.8 Å². The van der Waals surface area contributed by atoms with E-state index in [1.54, 1.807) is 0 Å². The van der Waals surface area contributed by atoms with Gasteiger partial charge in [0.05, 0.1) is 5.41 Å². The maximum atomic E-state index is 2.37. The van der Waals surface area contributed by atoms with Crippen LogP contribution in [0.5, 0.6) is 0 Å². The first-order valence-electron chi connectivity index (χ1n) is 44.1. The average molecular weight is 1620 g/mol. The Bertz CT molecular complexity index is 7410. The minimum absolute atomic E-state index is 0.151. The molecular formula is C126H102. The Labute approximate surface area is 743 Å². The van der Waals surface area contributed by atoms with Gasteiger partial charge in [-0.1, -0.05) is 468 Å². The lowest BCUT2D eigenvalue weighted by Gasteiger charge is -2.34. The van der Waals surface area contributed by atoms with E-state index in [1.165, 1.54) is 210 Å². The molecule has 0 heterocycles. The van der Waals surface area contributed by atoms with Gasteiger partial charge in [-0.2, -0.15) is 0 Å². The van der Waals surface area contributed by atoms with E-state index in [0.29, 0.717) is 0 Å². The van der Waals surface area contributed by atoms with Gasteiger partial charge in [0.2, 0.25) is 0 Å². The minimum atomic E-state index is -0.263. The van der Waals surface area contributed by atoms with Crippen LogP contribution in [0.1, 0.15) is 80.6 Å². The number of benzene rings is 21. The second-order valence-corrected chi connectivity index (χ2v) is 34.3. The van der Waals surface area contributed by atoms with Crippen molar-refractivity contribution in [2.24, 2.45) is 0 Å². The van der Waals surface area contributed by atoms with Gasteiger partial charge in [-0.3, -0.25) is 0 Å². The fourth-order valence-corrected chi connectivity index (χ4v) is 19.0. The van der Waals surface area contributed by atoms with Crippen LogP contribution in [0.2, 0.25) is 0 Å². The van der Waals surface area contributed by atoms with Crippen molar-refractivity contribution in [2.75, 3.05) is 0 Å². The molecule has 606 valence electrons. The molecule has 0 aromatic heterocycles. The van der Waals surface area contributed by atoms with Gasteiger partial charge in [-0.15, -0.1) is 0 Å². The molecule has 0 atom stereocenters. The number of aryl methyl sites for hydroxylation is 6. The summed E-state index contributed by atoms with van der Waals surface area (Å²) in [5, 5.41) is 13.0. The highest BCUT2D eigenvalue weighted by atomic mass is 14.5. The summed E-state index contributed by atoms with van der Waals surface area (Å²) in [6.45, 7) is 17.6. The molecule has 21 aromatic rings. The summed E-state index contributed by atoms with van der Waals surface area (Å²) in [4.78, 5) is 0. The summed E-state index contributed by atoms with van der Waals surface area (Å²) in [6.07, 6.45) is 0.